The van der Waals surface area contributed by atoms with Crippen LogP contribution in [0.15, 0.2) is 0 Å². The van der Waals surface area contributed by atoms with Crippen LogP contribution in [-0.2, 0) is 0 Å². The molecule has 2 fully saturated rings. The first-order chi connectivity index (χ1) is 6.89. The Morgan fingerprint density at radius 3 is 1.07 bits per heavy atom. The molecule has 84 valence electrons. The zero-order valence-corrected chi connectivity index (χ0v) is 10.8. The van der Waals surface area contributed by atoms with E-state index in [1.165, 1.54) is 58.2 Å². The van der Waals surface area contributed by atoms with Gasteiger partial charge in [-0.1, -0.05) is 79.0 Å². The molecule has 0 saturated heterocycles. The lowest BCUT2D eigenvalue weighted by Gasteiger charge is -2.05. The molecule has 2 saturated carbocycles. The van der Waals surface area contributed by atoms with Crippen LogP contribution >= 0.6 is 0 Å². The molecule has 0 amide bonds. The zero-order valence-electron chi connectivity index (χ0n) is 10.8. The van der Waals surface area contributed by atoms with Crippen molar-refractivity contribution in [2.45, 2.75) is 79.0 Å². The van der Waals surface area contributed by atoms with Gasteiger partial charge in [0.05, 0.1) is 7.85 Å². The Morgan fingerprint density at radius 2 is 1.00 bits per heavy atom. The second-order valence-electron chi connectivity index (χ2n) is 3.80. The van der Waals surface area contributed by atoms with E-state index in [9.17, 15) is 0 Å². The minimum atomic E-state index is 1.05. The van der Waals surface area contributed by atoms with E-state index in [1.54, 1.807) is 0 Å². The van der Waals surface area contributed by atoms with Crippen molar-refractivity contribution in [3.8, 4) is 0 Å². The first-order valence-corrected chi connectivity index (χ1v) is 6.47. The van der Waals surface area contributed by atoms with Crippen LogP contribution in [0.3, 0.4) is 0 Å². The average molecular weight is 196 g/mol. The molecule has 0 spiro atoms. The molecular weight excluding hydrogens is 167 g/mol. The standard InChI is InChI=1S/C6H12.C4H8.C2H6.CH3B/c1-6-4-2-3-5-6;1-2-4-3-1;2*1-2/h6H,2-5H2,1H3;1-4H2;1-2H3;1H3. The van der Waals surface area contributed by atoms with Gasteiger partial charge < -0.3 is 0 Å². The van der Waals surface area contributed by atoms with Gasteiger partial charge in [0, 0.05) is 0 Å². The lowest BCUT2D eigenvalue weighted by Crippen LogP contribution is -1.85. The molecule has 2 aliphatic carbocycles. The van der Waals surface area contributed by atoms with E-state index in [2.05, 4.69) is 14.8 Å². The number of rotatable bonds is 0. The quantitative estimate of drug-likeness (QED) is 0.479. The van der Waals surface area contributed by atoms with Crippen LogP contribution < -0.4 is 0 Å². The Bertz CT molecular complexity index is 67.3. The van der Waals surface area contributed by atoms with E-state index in [-0.39, 0.29) is 0 Å². The van der Waals surface area contributed by atoms with Crippen molar-refractivity contribution in [3.05, 3.63) is 0 Å². The highest BCUT2D eigenvalue weighted by molar-refractivity contribution is 6.05. The summed E-state index contributed by atoms with van der Waals surface area (Å²) in [7, 11) is 4.50. The van der Waals surface area contributed by atoms with Gasteiger partial charge in [0.25, 0.3) is 0 Å². The lowest BCUT2D eigenvalue weighted by molar-refractivity contribution is 0.504. The Kier molecular flexibility index (Phi) is 18.3. The van der Waals surface area contributed by atoms with Crippen molar-refractivity contribution < 1.29 is 0 Å². The van der Waals surface area contributed by atoms with Gasteiger partial charge >= 0.3 is 0 Å². The van der Waals surface area contributed by atoms with Crippen LogP contribution in [0, 0.1) is 5.92 Å². The Balaban J connectivity index is 0. The molecule has 0 atom stereocenters. The minimum Gasteiger partial charge on any atom is -0.0999 e. The first-order valence-electron chi connectivity index (χ1n) is 6.47. The number of hydrogen-bond acceptors (Lipinski definition) is 0. The SMILES string of the molecule is C1CCC1.CC.CC1CCCC1.[B]C. The summed E-state index contributed by atoms with van der Waals surface area (Å²) in [5.41, 5.74) is 0. The Morgan fingerprint density at radius 1 is 0.714 bits per heavy atom. The summed E-state index contributed by atoms with van der Waals surface area (Å²) < 4.78 is 0. The van der Waals surface area contributed by atoms with E-state index < -0.39 is 0 Å². The van der Waals surface area contributed by atoms with Gasteiger partial charge in [-0.15, -0.1) is 0 Å². The van der Waals surface area contributed by atoms with Crippen molar-refractivity contribution in [3.63, 3.8) is 0 Å². The molecule has 0 unspecified atom stereocenters. The van der Waals surface area contributed by atoms with Crippen molar-refractivity contribution in [2.75, 3.05) is 0 Å². The van der Waals surface area contributed by atoms with Crippen LogP contribution in [-0.4, -0.2) is 7.85 Å². The molecular formula is C13H29B. The van der Waals surface area contributed by atoms with Gasteiger partial charge in [0.1, 0.15) is 0 Å². The molecule has 2 aliphatic rings. The Labute approximate surface area is 93.3 Å². The van der Waals surface area contributed by atoms with Crippen LogP contribution in [0.4, 0.5) is 0 Å². The predicted molar refractivity (Wildman–Crippen MR) is 69.1 cm³/mol. The van der Waals surface area contributed by atoms with Gasteiger partial charge in [-0.25, -0.2) is 0 Å². The molecule has 0 N–H and O–H groups in total. The lowest BCUT2D eigenvalue weighted by atomic mass is 10.0. The van der Waals surface area contributed by atoms with E-state index in [1.807, 2.05) is 13.8 Å². The monoisotopic (exact) mass is 196 g/mol. The first kappa shape index (κ1) is 16.5. The topological polar surface area (TPSA) is 0 Å². The minimum absolute atomic E-state index is 1.05. The van der Waals surface area contributed by atoms with Gasteiger partial charge in [-0.2, -0.15) is 0 Å². The molecule has 0 nitrogen and oxygen atoms in total. The molecule has 0 heterocycles. The van der Waals surface area contributed by atoms with E-state index in [0.29, 0.717) is 0 Å². The maximum absolute atomic E-state index is 4.50. The fraction of sp³-hybridized carbons (Fsp3) is 1.00. The molecule has 0 aromatic carbocycles. The second-order valence-corrected chi connectivity index (χ2v) is 3.80. The van der Waals surface area contributed by atoms with Gasteiger partial charge in [-0.3, -0.25) is 0 Å². The molecule has 2 rings (SSSR count). The van der Waals surface area contributed by atoms with Crippen molar-refractivity contribution >= 4 is 7.85 Å². The maximum atomic E-state index is 4.50. The highest BCUT2D eigenvalue weighted by Gasteiger charge is 2.07. The molecule has 0 aliphatic heterocycles. The summed E-state index contributed by atoms with van der Waals surface area (Å²) in [6, 6.07) is 0. The maximum Gasteiger partial charge on any atom is 0.0606 e. The largest absolute Gasteiger partial charge is 0.0999 e. The molecule has 0 aromatic rings. The number of hydrogen-bond donors (Lipinski definition) is 0. The smallest absolute Gasteiger partial charge is 0.0606 e. The second kappa shape index (κ2) is 15.5. The summed E-state index contributed by atoms with van der Waals surface area (Å²) in [6.45, 7) is 7.84. The predicted octanol–water partition coefficient (Wildman–Crippen LogP) is 4.99. The van der Waals surface area contributed by atoms with E-state index in [0.717, 1.165) is 5.92 Å². The third-order valence-electron chi connectivity index (χ3n) is 2.64. The molecule has 1 heteroatoms. The summed E-state index contributed by atoms with van der Waals surface area (Å²) in [5, 5.41) is 0. The van der Waals surface area contributed by atoms with E-state index >= 15 is 0 Å². The summed E-state index contributed by atoms with van der Waals surface area (Å²) >= 11 is 0. The van der Waals surface area contributed by atoms with Crippen LogP contribution in [0.2, 0.25) is 6.82 Å². The summed E-state index contributed by atoms with van der Waals surface area (Å²) in [4.78, 5) is 0. The molecule has 0 aromatic heterocycles. The van der Waals surface area contributed by atoms with Crippen LogP contribution in [0.5, 0.6) is 0 Å². The summed E-state index contributed by atoms with van der Waals surface area (Å²) in [6.07, 6.45) is 11.9. The third kappa shape index (κ3) is 12.1. The average Bonchev–Trinajstić information content (AvgIpc) is 2.60. The highest BCUT2D eigenvalue weighted by Crippen LogP contribution is 2.22. The van der Waals surface area contributed by atoms with Gasteiger partial charge in [0.15, 0.2) is 0 Å². The summed E-state index contributed by atoms with van der Waals surface area (Å²) in [5.74, 6) is 1.05. The molecule has 0 bridgehead atoms. The van der Waals surface area contributed by atoms with Gasteiger partial charge in [0.2, 0.25) is 0 Å². The van der Waals surface area contributed by atoms with Crippen LogP contribution in [0.1, 0.15) is 72.1 Å². The van der Waals surface area contributed by atoms with Gasteiger partial charge in [-0.05, 0) is 5.92 Å². The normalized spacial score (nSPS) is 18.6. The molecule has 14 heavy (non-hydrogen) atoms. The highest BCUT2D eigenvalue weighted by atomic mass is 14.1. The van der Waals surface area contributed by atoms with Crippen molar-refractivity contribution in [1.29, 1.82) is 0 Å². The fourth-order valence-electron chi connectivity index (χ4n) is 1.38. The zero-order chi connectivity index (χ0) is 11.2. The van der Waals surface area contributed by atoms with Crippen molar-refractivity contribution in [1.82, 2.24) is 0 Å². The van der Waals surface area contributed by atoms with E-state index in [4.69, 9.17) is 0 Å². The third-order valence-corrected chi connectivity index (χ3v) is 2.64. The Hall–Kier alpha value is 0.0649. The van der Waals surface area contributed by atoms with Crippen LogP contribution in [0.25, 0.3) is 0 Å². The fourth-order valence-corrected chi connectivity index (χ4v) is 1.38. The van der Waals surface area contributed by atoms with Crippen molar-refractivity contribution in [2.24, 2.45) is 5.92 Å². The molecule has 2 radical (unpaired) electrons.